The highest BCUT2D eigenvalue weighted by Gasteiger charge is 2.60. The van der Waals surface area contributed by atoms with E-state index in [9.17, 15) is 42.8 Å². The highest BCUT2D eigenvalue weighted by atomic mass is 31.2. The Kier molecular flexibility index (Phi) is 22.5. The number of hydrogen-bond acceptors (Lipinski definition) is 15. The number of aliphatic carboxylic acids is 3. The number of rotatable bonds is 30. The van der Waals surface area contributed by atoms with E-state index in [-0.39, 0.29) is 19.8 Å². The number of hydrogen-bond donors (Lipinski definition) is 6. The van der Waals surface area contributed by atoms with Gasteiger partial charge in [0.15, 0.2) is 19.8 Å². The summed E-state index contributed by atoms with van der Waals surface area (Å²) in [5.41, 5.74) is 0. The van der Waals surface area contributed by atoms with E-state index in [0.29, 0.717) is 38.5 Å². The molecule has 300 valence electrons. The van der Waals surface area contributed by atoms with Crippen LogP contribution in [0.4, 0.5) is 0 Å². The lowest BCUT2D eigenvalue weighted by Gasteiger charge is -2.49. The first-order valence-corrected chi connectivity index (χ1v) is 20.8. The molecule has 24 heteroatoms. The van der Waals surface area contributed by atoms with E-state index in [1.807, 2.05) is 20.8 Å². The molecule has 0 saturated heterocycles. The van der Waals surface area contributed by atoms with Crippen LogP contribution in [0, 0.1) is 0 Å². The molecule has 0 amide bonds. The summed E-state index contributed by atoms with van der Waals surface area (Å²) in [6, 6.07) is 0. The smallest absolute Gasteiger partial charge is 0.473 e. The minimum atomic E-state index is -5.56. The Morgan fingerprint density at radius 2 is 0.686 bits per heavy atom. The van der Waals surface area contributed by atoms with Gasteiger partial charge in [-0.15, -0.1) is 0 Å². The van der Waals surface area contributed by atoms with Crippen LogP contribution in [-0.4, -0.2) is 124 Å². The Hall–Kier alpha value is -1.38. The molecule has 1 fully saturated rings. The summed E-state index contributed by atoms with van der Waals surface area (Å²) in [6.07, 6.45) is -5.88. The lowest BCUT2D eigenvalue weighted by Crippen LogP contribution is -2.67. The molecule has 1 rings (SSSR count). The van der Waals surface area contributed by atoms with Gasteiger partial charge in [-0.1, -0.05) is 59.3 Å². The fourth-order valence-corrected chi connectivity index (χ4v) is 7.37. The van der Waals surface area contributed by atoms with E-state index in [4.69, 9.17) is 43.1 Å². The van der Waals surface area contributed by atoms with Crippen molar-refractivity contribution in [2.75, 3.05) is 39.6 Å². The maximum absolute atomic E-state index is 13.1. The monoisotopic (exact) mass is 804 g/mol. The van der Waals surface area contributed by atoms with Gasteiger partial charge in [0.05, 0.1) is 0 Å². The topological polar surface area (TPSA) is 307 Å². The van der Waals surface area contributed by atoms with E-state index >= 15 is 0 Å². The van der Waals surface area contributed by atoms with Gasteiger partial charge in [-0.2, -0.15) is 0 Å². The normalized spacial score (nSPS) is 25.8. The van der Waals surface area contributed by atoms with Gasteiger partial charge in [-0.3, -0.25) is 27.1 Å². The molecule has 1 saturated carbocycles. The van der Waals surface area contributed by atoms with Crippen molar-refractivity contribution < 1.29 is 99.4 Å². The van der Waals surface area contributed by atoms with Crippen LogP contribution in [0.3, 0.4) is 0 Å². The maximum atomic E-state index is 13.1. The van der Waals surface area contributed by atoms with Crippen molar-refractivity contribution in [1.82, 2.24) is 0 Å². The number of phosphoric acid groups is 3. The third-order valence-corrected chi connectivity index (χ3v) is 9.83. The second-order valence-electron chi connectivity index (χ2n) is 11.2. The fraction of sp³-hybridized carbons (Fsp3) is 0.889. The first-order valence-electron chi connectivity index (χ1n) is 16.4. The molecule has 0 radical (unpaired) electrons. The maximum Gasteiger partial charge on any atom is 0.473 e. The highest BCUT2D eigenvalue weighted by molar-refractivity contribution is 7.48. The minimum Gasteiger partial charge on any atom is -0.480 e. The number of carbonyl (C=O) groups is 3. The standard InChI is InChI=1S/C27H51O21P3/c1-4-7-10-13-40-22-23(41-14-11-8-5-2)25(46-49(34,35)43-16-19(28)29)27(48-51(38,39)45-18-21(32)33)26(24(22)42-15-12-9-6-3)47-50(36,37)44-17-20(30)31/h22-27H,4-18H2,1-3H3,(H,28,29)(H,30,31)(H,32,33)(H,34,35)(H,36,37)(H,38,39)/t22?,23-,24+,25-,26-,27?/m0/s1. The predicted molar refractivity (Wildman–Crippen MR) is 173 cm³/mol. The van der Waals surface area contributed by atoms with E-state index in [1.165, 1.54) is 0 Å². The number of ether oxygens (including phenoxy) is 3. The van der Waals surface area contributed by atoms with Crippen LogP contribution in [0.5, 0.6) is 0 Å². The Balaban J connectivity index is 4.01. The fourth-order valence-electron chi connectivity index (χ4n) is 4.73. The van der Waals surface area contributed by atoms with Crippen LogP contribution in [-0.2, 0) is 69.4 Å². The molecule has 1 aliphatic rings. The molecule has 5 unspecified atom stereocenters. The molecule has 0 aliphatic heterocycles. The van der Waals surface area contributed by atoms with Crippen LogP contribution in [0.1, 0.15) is 78.6 Å². The summed E-state index contributed by atoms with van der Waals surface area (Å²) >= 11 is 0. The Morgan fingerprint density at radius 1 is 0.451 bits per heavy atom. The number of carboxylic acids is 3. The van der Waals surface area contributed by atoms with Crippen LogP contribution < -0.4 is 0 Å². The summed E-state index contributed by atoms with van der Waals surface area (Å²) in [6.45, 7) is 1.44. The van der Waals surface area contributed by atoms with E-state index < -0.39 is 97.8 Å². The average molecular weight is 805 g/mol. The third kappa shape index (κ3) is 19.5. The second kappa shape index (κ2) is 24.1. The van der Waals surface area contributed by atoms with Gasteiger partial charge in [-0.05, 0) is 19.3 Å². The van der Waals surface area contributed by atoms with Crippen LogP contribution >= 0.6 is 23.5 Å². The largest absolute Gasteiger partial charge is 0.480 e. The van der Waals surface area contributed by atoms with Gasteiger partial charge >= 0.3 is 41.4 Å². The van der Waals surface area contributed by atoms with E-state index in [1.54, 1.807) is 0 Å². The Labute approximate surface area is 295 Å². The minimum absolute atomic E-state index is 0.00801. The second-order valence-corrected chi connectivity index (χ2v) is 15.5. The number of phosphoric ester groups is 3. The highest BCUT2D eigenvalue weighted by Crippen LogP contribution is 2.55. The first kappa shape index (κ1) is 47.6. The lowest BCUT2D eigenvalue weighted by molar-refractivity contribution is -0.249. The quantitative estimate of drug-likeness (QED) is 0.0447. The zero-order valence-electron chi connectivity index (χ0n) is 28.7. The molecular weight excluding hydrogens is 753 g/mol. The molecule has 21 nitrogen and oxygen atoms in total. The molecule has 9 atom stereocenters. The van der Waals surface area contributed by atoms with Crippen molar-refractivity contribution in [3.8, 4) is 0 Å². The molecule has 0 aromatic rings. The predicted octanol–water partition coefficient (Wildman–Crippen LogP) is 3.49. The summed E-state index contributed by atoms with van der Waals surface area (Å²) in [4.78, 5) is 65.2. The third-order valence-electron chi connectivity index (χ3n) is 6.94. The van der Waals surface area contributed by atoms with Gasteiger partial charge in [0.1, 0.15) is 36.6 Å². The Morgan fingerprint density at radius 3 is 0.922 bits per heavy atom. The van der Waals surface area contributed by atoms with Crippen LogP contribution in [0.25, 0.3) is 0 Å². The number of unbranched alkanes of at least 4 members (excludes halogenated alkanes) is 6. The van der Waals surface area contributed by atoms with Crippen LogP contribution in [0.2, 0.25) is 0 Å². The van der Waals surface area contributed by atoms with Crippen molar-refractivity contribution in [3.63, 3.8) is 0 Å². The van der Waals surface area contributed by atoms with E-state index in [2.05, 4.69) is 13.6 Å². The Bertz CT molecular complexity index is 1140. The van der Waals surface area contributed by atoms with Crippen molar-refractivity contribution in [2.24, 2.45) is 0 Å². The SMILES string of the molecule is CCCCCOC1[C@@H](OCCCCC)[C@H](OP(=O)(O)OCC(=O)O)C(OP(=O)(O)OCC(=O)O)[C@@H](OP(=O)(O)OCC(=O)O)[C@H]1OCCCCC. The molecule has 0 heterocycles. The van der Waals surface area contributed by atoms with Gasteiger partial charge in [0.2, 0.25) is 0 Å². The van der Waals surface area contributed by atoms with Crippen molar-refractivity contribution >= 4 is 41.4 Å². The molecule has 0 aromatic carbocycles. The zero-order chi connectivity index (χ0) is 38.7. The summed E-state index contributed by atoms with van der Waals surface area (Å²) in [5.74, 6) is -5.08. The van der Waals surface area contributed by atoms with E-state index in [0.717, 1.165) is 19.3 Å². The van der Waals surface area contributed by atoms with Crippen molar-refractivity contribution in [2.45, 2.75) is 115 Å². The van der Waals surface area contributed by atoms with Crippen molar-refractivity contribution in [1.29, 1.82) is 0 Å². The molecule has 1 aliphatic carbocycles. The lowest BCUT2D eigenvalue weighted by atomic mass is 9.84. The molecule has 51 heavy (non-hydrogen) atoms. The summed E-state index contributed by atoms with van der Waals surface area (Å²) in [7, 11) is -16.5. The molecular formula is C27H51O21P3. The van der Waals surface area contributed by atoms with Crippen LogP contribution in [0.15, 0.2) is 0 Å². The summed E-state index contributed by atoms with van der Waals surface area (Å²) < 4.78 is 87.2. The average Bonchev–Trinajstić information content (AvgIpc) is 3.04. The molecule has 0 bridgehead atoms. The van der Waals surface area contributed by atoms with Gasteiger partial charge < -0.3 is 44.2 Å². The number of carboxylic acid groups (broad SMARTS) is 3. The van der Waals surface area contributed by atoms with Gasteiger partial charge in [0.25, 0.3) is 0 Å². The van der Waals surface area contributed by atoms with Gasteiger partial charge in [-0.25, -0.2) is 28.1 Å². The molecule has 0 aromatic heterocycles. The molecule has 6 N–H and O–H groups in total. The zero-order valence-corrected chi connectivity index (χ0v) is 31.4. The van der Waals surface area contributed by atoms with Crippen molar-refractivity contribution in [3.05, 3.63) is 0 Å². The molecule has 0 spiro atoms. The van der Waals surface area contributed by atoms with Gasteiger partial charge in [0, 0.05) is 19.8 Å². The first-order chi connectivity index (χ1) is 23.9. The summed E-state index contributed by atoms with van der Waals surface area (Å²) in [5, 5.41) is 27.1.